The molecule has 2 heterocycles. The average Bonchev–Trinajstić information content (AvgIpc) is 2.87. The van der Waals surface area contributed by atoms with Crippen LogP contribution in [0.15, 0.2) is 18.5 Å². The van der Waals surface area contributed by atoms with Gasteiger partial charge in [0.1, 0.15) is 11.3 Å². The van der Waals surface area contributed by atoms with Crippen LogP contribution in [0.3, 0.4) is 0 Å². The summed E-state index contributed by atoms with van der Waals surface area (Å²) in [5, 5.41) is 0. The van der Waals surface area contributed by atoms with Gasteiger partial charge in [-0.3, -0.25) is 0 Å². The molecule has 0 amide bonds. The minimum absolute atomic E-state index is 0.565. The summed E-state index contributed by atoms with van der Waals surface area (Å²) in [7, 11) is 0. The number of anilines is 1. The van der Waals surface area contributed by atoms with Gasteiger partial charge >= 0.3 is 0 Å². The number of hydrogen-bond acceptors (Lipinski definition) is 3. The van der Waals surface area contributed by atoms with Crippen molar-refractivity contribution in [2.24, 2.45) is 0 Å². The zero-order valence-corrected chi connectivity index (χ0v) is 7.14. The van der Waals surface area contributed by atoms with E-state index < -0.39 is 0 Å². The molecule has 0 aliphatic heterocycles. The van der Waals surface area contributed by atoms with Crippen molar-refractivity contribution in [1.29, 1.82) is 0 Å². The van der Waals surface area contributed by atoms with Gasteiger partial charge in [0.2, 0.25) is 0 Å². The Bertz CT molecular complexity index is 456. The van der Waals surface area contributed by atoms with Crippen molar-refractivity contribution in [3.05, 3.63) is 18.5 Å². The summed E-state index contributed by atoms with van der Waals surface area (Å²) in [6.45, 7) is 0. The molecular formula is C9H10N4. The van der Waals surface area contributed by atoms with Crippen molar-refractivity contribution in [2.45, 2.75) is 18.9 Å². The van der Waals surface area contributed by atoms with Crippen molar-refractivity contribution in [3.8, 4) is 0 Å². The van der Waals surface area contributed by atoms with E-state index in [1.165, 1.54) is 12.8 Å². The Balaban J connectivity index is 2.29. The molecule has 1 fully saturated rings. The average molecular weight is 174 g/mol. The van der Waals surface area contributed by atoms with E-state index in [1.54, 1.807) is 6.07 Å². The van der Waals surface area contributed by atoms with E-state index in [1.807, 2.05) is 12.4 Å². The summed E-state index contributed by atoms with van der Waals surface area (Å²) in [5.41, 5.74) is 7.47. The highest BCUT2D eigenvalue weighted by atomic mass is 15.1. The van der Waals surface area contributed by atoms with Crippen molar-refractivity contribution < 1.29 is 0 Å². The first-order valence-corrected chi connectivity index (χ1v) is 4.43. The third-order valence-corrected chi connectivity index (χ3v) is 2.38. The number of imidazole rings is 1. The molecule has 4 heteroatoms. The molecule has 2 N–H and O–H groups in total. The second-order valence-electron chi connectivity index (χ2n) is 3.46. The normalized spacial score (nSPS) is 16.6. The molecule has 0 radical (unpaired) electrons. The minimum Gasteiger partial charge on any atom is -0.384 e. The molecule has 0 bridgehead atoms. The van der Waals surface area contributed by atoms with Gasteiger partial charge in [0.05, 0.1) is 6.33 Å². The Morgan fingerprint density at radius 1 is 1.38 bits per heavy atom. The van der Waals surface area contributed by atoms with Gasteiger partial charge in [0.25, 0.3) is 0 Å². The van der Waals surface area contributed by atoms with Crippen molar-refractivity contribution >= 4 is 17.0 Å². The van der Waals surface area contributed by atoms with Crippen LogP contribution in [0.25, 0.3) is 11.2 Å². The number of hydrogen-bond donors (Lipinski definition) is 1. The summed E-state index contributed by atoms with van der Waals surface area (Å²) in [5.74, 6) is 0.565. The largest absolute Gasteiger partial charge is 0.384 e. The predicted octanol–water partition coefficient (Wildman–Crippen LogP) is 1.35. The summed E-state index contributed by atoms with van der Waals surface area (Å²) in [6, 6.07) is 4.31. The fourth-order valence-corrected chi connectivity index (χ4v) is 1.55. The molecule has 2 aromatic heterocycles. The fraction of sp³-hybridized carbons (Fsp3) is 0.333. The highest BCUT2D eigenvalue weighted by molar-refractivity contribution is 5.72. The lowest BCUT2D eigenvalue weighted by Gasteiger charge is -1.99. The quantitative estimate of drug-likeness (QED) is 0.709. The standard InChI is InChI=1S/C9H10N4/c10-8-4-3-7-9(12-8)13(5-11-7)6-1-2-6/h3-6H,1-2H2,(H2,10,12). The maximum Gasteiger partial charge on any atom is 0.162 e. The number of nitrogens with zero attached hydrogens (tertiary/aromatic N) is 3. The zero-order chi connectivity index (χ0) is 8.84. The molecule has 0 unspecified atom stereocenters. The van der Waals surface area contributed by atoms with Gasteiger partial charge in [0.15, 0.2) is 5.65 Å². The van der Waals surface area contributed by atoms with Gasteiger partial charge in [-0.05, 0) is 25.0 Å². The first-order valence-electron chi connectivity index (χ1n) is 4.43. The molecule has 1 saturated carbocycles. The highest BCUT2D eigenvalue weighted by Gasteiger charge is 2.25. The smallest absolute Gasteiger partial charge is 0.162 e. The predicted molar refractivity (Wildman–Crippen MR) is 50.2 cm³/mol. The SMILES string of the molecule is Nc1ccc2ncn(C3CC3)c2n1. The maximum atomic E-state index is 5.62. The number of rotatable bonds is 1. The van der Waals surface area contributed by atoms with Crippen LogP contribution >= 0.6 is 0 Å². The first-order chi connectivity index (χ1) is 6.34. The molecule has 3 rings (SSSR count). The number of nitrogens with two attached hydrogens (primary N) is 1. The van der Waals surface area contributed by atoms with Crippen LogP contribution in [0.5, 0.6) is 0 Å². The first kappa shape index (κ1) is 6.88. The molecular weight excluding hydrogens is 164 g/mol. The van der Waals surface area contributed by atoms with Gasteiger partial charge in [0, 0.05) is 6.04 Å². The van der Waals surface area contributed by atoms with Crippen LogP contribution in [-0.2, 0) is 0 Å². The molecule has 0 saturated heterocycles. The van der Waals surface area contributed by atoms with Gasteiger partial charge < -0.3 is 10.3 Å². The van der Waals surface area contributed by atoms with Crippen molar-refractivity contribution in [2.75, 3.05) is 5.73 Å². The fourth-order valence-electron chi connectivity index (χ4n) is 1.55. The van der Waals surface area contributed by atoms with E-state index in [0.29, 0.717) is 11.9 Å². The van der Waals surface area contributed by atoms with Crippen molar-refractivity contribution in [3.63, 3.8) is 0 Å². The summed E-state index contributed by atoms with van der Waals surface area (Å²) in [6.07, 6.45) is 4.33. The van der Waals surface area contributed by atoms with E-state index in [9.17, 15) is 0 Å². The molecule has 1 aliphatic carbocycles. The lowest BCUT2D eigenvalue weighted by molar-refractivity contribution is 0.758. The van der Waals surface area contributed by atoms with Gasteiger partial charge in [-0.25, -0.2) is 9.97 Å². The Morgan fingerprint density at radius 3 is 3.00 bits per heavy atom. The minimum atomic E-state index is 0.565. The molecule has 66 valence electrons. The molecule has 1 aliphatic rings. The van der Waals surface area contributed by atoms with E-state index in [-0.39, 0.29) is 0 Å². The van der Waals surface area contributed by atoms with E-state index in [4.69, 9.17) is 5.73 Å². The maximum absolute atomic E-state index is 5.62. The second-order valence-corrected chi connectivity index (χ2v) is 3.46. The molecule has 0 atom stereocenters. The van der Waals surface area contributed by atoms with Gasteiger partial charge in [-0.1, -0.05) is 0 Å². The zero-order valence-electron chi connectivity index (χ0n) is 7.14. The monoisotopic (exact) mass is 174 g/mol. The van der Waals surface area contributed by atoms with E-state index in [0.717, 1.165) is 11.2 Å². The van der Waals surface area contributed by atoms with Crippen LogP contribution in [-0.4, -0.2) is 14.5 Å². The Morgan fingerprint density at radius 2 is 2.23 bits per heavy atom. The molecule has 4 nitrogen and oxygen atoms in total. The second kappa shape index (κ2) is 2.22. The number of pyridine rings is 1. The third-order valence-electron chi connectivity index (χ3n) is 2.38. The lowest BCUT2D eigenvalue weighted by atomic mass is 10.4. The van der Waals surface area contributed by atoms with Crippen LogP contribution < -0.4 is 5.73 Å². The van der Waals surface area contributed by atoms with Crippen LogP contribution in [0.1, 0.15) is 18.9 Å². The van der Waals surface area contributed by atoms with E-state index >= 15 is 0 Å². The Hall–Kier alpha value is -1.58. The van der Waals surface area contributed by atoms with Crippen molar-refractivity contribution in [1.82, 2.24) is 14.5 Å². The summed E-state index contributed by atoms with van der Waals surface area (Å²) < 4.78 is 2.12. The van der Waals surface area contributed by atoms with Crippen LogP contribution in [0.2, 0.25) is 0 Å². The molecule has 0 spiro atoms. The molecule has 13 heavy (non-hydrogen) atoms. The lowest BCUT2D eigenvalue weighted by Crippen LogP contribution is -1.95. The Labute approximate surface area is 75.4 Å². The van der Waals surface area contributed by atoms with Crippen LogP contribution in [0, 0.1) is 0 Å². The van der Waals surface area contributed by atoms with Crippen LogP contribution in [0.4, 0.5) is 5.82 Å². The highest BCUT2D eigenvalue weighted by Crippen LogP contribution is 2.36. The van der Waals surface area contributed by atoms with Gasteiger partial charge in [-0.2, -0.15) is 0 Å². The summed E-state index contributed by atoms with van der Waals surface area (Å²) in [4.78, 5) is 8.54. The summed E-state index contributed by atoms with van der Waals surface area (Å²) >= 11 is 0. The van der Waals surface area contributed by atoms with E-state index in [2.05, 4.69) is 14.5 Å². The number of aromatic nitrogens is 3. The molecule has 0 aromatic carbocycles. The molecule has 2 aromatic rings. The number of nitrogen functional groups attached to an aromatic ring is 1. The van der Waals surface area contributed by atoms with Gasteiger partial charge in [-0.15, -0.1) is 0 Å². The topological polar surface area (TPSA) is 56.7 Å². The Kier molecular flexibility index (Phi) is 1.17. The number of fused-ring (bicyclic) bond motifs is 1. The third kappa shape index (κ3) is 0.983.